The summed E-state index contributed by atoms with van der Waals surface area (Å²) in [6.45, 7) is 6.38. The number of fused-ring (bicyclic) bond motifs is 1. The zero-order chi connectivity index (χ0) is 13.4. The van der Waals surface area contributed by atoms with Gasteiger partial charge in [-0.1, -0.05) is 13.5 Å². The van der Waals surface area contributed by atoms with E-state index in [0.717, 1.165) is 11.0 Å². The molecule has 0 spiro atoms. The lowest BCUT2D eigenvalue weighted by Gasteiger charge is -2.06. The molecule has 2 rings (SSSR count). The van der Waals surface area contributed by atoms with E-state index in [4.69, 9.17) is 0 Å². The Morgan fingerprint density at radius 1 is 1.28 bits per heavy atom. The Kier molecular flexibility index (Phi) is 2.94. The second-order valence-electron chi connectivity index (χ2n) is 4.20. The molecule has 0 amide bonds. The summed E-state index contributed by atoms with van der Waals surface area (Å²) in [5, 5.41) is 0. The van der Waals surface area contributed by atoms with Crippen LogP contribution in [0, 0.1) is 0 Å². The number of nitrogens with zero attached hydrogens (tertiary/aromatic N) is 4. The zero-order valence-electron chi connectivity index (χ0n) is 10.8. The van der Waals surface area contributed by atoms with Gasteiger partial charge in [-0.15, -0.1) is 0 Å². The van der Waals surface area contributed by atoms with Crippen molar-refractivity contribution in [1.82, 2.24) is 18.7 Å². The summed E-state index contributed by atoms with van der Waals surface area (Å²) in [5.74, 6) is 0.616. The Morgan fingerprint density at radius 3 is 2.50 bits per heavy atom. The molecule has 0 aliphatic heterocycles. The normalized spacial score (nSPS) is 11.1. The van der Waals surface area contributed by atoms with E-state index in [9.17, 15) is 9.59 Å². The van der Waals surface area contributed by atoms with Crippen molar-refractivity contribution in [2.24, 2.45) is 14.1 Å². The third kappa shape index (κ3) is 1.53. The minimum absolute atomic E-state index is 0.317. The molecule has 2 aromatic heterocycles. The molecule has 96 valence electrons. The van der Waals surface area contributed by atoms with E-state index in [1.165, 1.54) is 11.6 Å². The van der Waals surface area contributed by atoms with Crippen LogP contribution in [0.4, 0.5) is 0 Å². The third-order valence-electron chi connectivity index (χ3n) is 3.01. The van der Waals surface area contributed by atoms with E-state index in [1.54, 1.807) is 13.1 Å². The number of aromatic nitrogens is 4. The molecular formula is C12H16N4O2. The van der Waals surface area contributed by atoms with Crippen LogP contribution in [0.1, 0.15) is 19.2 Å². The molecule has 6 nitrogen and oxygen atoms in total. The van der Waals surface area contributed by atoms with Gasteiger partial charge in [0.25, 0.3) is 5.56 Å². The van der Waals surface area contributed by atoms with Gasteiger partial charge in [-0.25, -0.2) is 9.78 Å². The van der Waals surface area contributed by atoms with Crippen molar-refractivity contribution in [2.75, 3.05) is 0 Å². The SMILES string of the molecule is C=Cc1nc2c(c(=O)n(C)c(=O)n2C)n1CCC. The van der Waals surface area contributed by atoms with Gasteiger partial charge in [-0.05, 0) is 12.5 Å². The zero-order valence-corrected chi connectivity index (χ0v) is 10.8. The molecule has 0 fully saturated rings. The monoisotopic (exact) mass is 248 g/mol. The summed E-state index contributed by atoms with van der Waals surface area (Å²) >= 11 is 0. The minimum Gasteiger partial charge on any atom is -0.319 e. The van der Waals surface area contributed by atoms with Crippen LogP contribution in [-0.2, 0) is 20.6 Å². The fourth-order valence-electron chi connectivity index (χ4n) is 2.07. The summed E-state index contributed by atoms with van der Waals surface area (Å²) in [7, 11) is 3.08. The molecule has 0 saturated carbocycles. The lowest BCUT2D eigenvalue weighted by Crippen LogP contribution is -2.37. The maximum Gasteiger partial charge on any atom is 0.332 e. The molecule has 0 aliphatic rings. The fraction of sp³-hybridized carbons (Fsp3) is 0.417. The molecule has 0 aromatic carbocycles. The molecule has 0 unspecified atom stereocenters. The Bertz CT molecular complexity index is 733. The molecule has 0 N–H and O–H groups in total. The summed E-state index contributed by atoms with van der Waals surface area (Å²) in [4.78, 5) is 28.3. The standard InChI is InChI=1S/C12H16N4O2/c1-5-7-16-8(6-2)13-10-9(16)11(17)15(4)12(18)14(10)3/h6H,2,5,7H2,1,3-4H3. The number of rotatable bonds is 3. The van der Waals surface area contributed by atoms with Crippen molar-refractivity contribution in [2.45, 2.75) is 19.9 Å². The molecule has 0 bridgehead atoms. The smallest absolute Gasteiger partial charge is 0.319 e. The van der Waals surface area contributed by atoms with Gasteiger partial charge in [0.05, 0.1) is 0 Å². The fourth-order valence-corrected chi connectivity index (χ4v) is 2.07. The first-order chi connectivity index (χ1) is 8.52. The van der Waals surface area contributed by atoms with E-state index < -0.39 is 0 Å². The highest BCUT2D eigenvalue weighted by molar-refractivity contribution is 5.73. The van der Waals surface area contributed by atoms with E-state index in [0.29, 0.717) is 23.5 Å². The first-order valence-corrected chi connectivity index (χ1v) is 5.81. The van der Waals surface area contributed by atoms with Crippen molar-refractivity contribution in [3.63, 3.8) is 0 Å². The average Bonchev–Trinajstić information content (AvgIpc) is 2.73. The van der Waals surface area contributed by atoms with E-state index in [2.05, 4.69) is 11.6 Å². The van der Waals surface area contributed by atoms with E-state index in [-0.39, 0.29) is 11.2 Å². The average molecular weight is 248 g/mol. The molecule has 0 radical (unpaired) electrons. The highest BCUT2D eigenvalue weighted by Gasteiger charge is 2.16. The van der Waals surface area contributed by atoms with Gasteiger partial charge in [0, 0.05) is 20.6 Å². The molecule has 0 atom stereocenters. The Hall–Kier alpha value is -2.11. The number of aryl methyl sites for hydroxylation is 2. The van der Waals surface area contributed by atoms with Gasteiger partial charge in [0.15, 0.2) is 11.2 Å². The van der Waals surface area contributed by atoms with Crippen molar-refractivity contribution >= 4 is 17.2 Å². The van der Waals surface area contributed by atoms with Gasteiger partial charge < -0.3 is 4.57 Å². The Morgan fingerprint density at radius 2 is 1.94 bits per heavy atom. The molecular weight excluding hydrogens is 232 g/mol. The maximum absolute atomic E-state index is 12.2. The highest BCUT2D eigenvalue weighted by atomic mass is 16.2. The Balaban J connectivity index is 3.04. The first kappa shape index (κ1) is 12.3. The molecule has 0 aliphatic carbocycles. The van der Waals surface area contributed by atoms with Crippen LogP contribution in [-0.4, -0.2) is 18.7 Å². The molecule has 18 heavy (non-hydrogen) atoms. The lowest BCUT2D eigenvalue weighted by molar-refractivity contribution is 0.673. The highest BCUT2D eigenvalue weighted by Crippen LogP contribution is 2.12. The number of imidazole rings is 1. The summed E-state index contributed by atoms with van der Waals surface area (Å²) < 4.78 is 4.29. The first-order valence-electron chi connectivity index (χ1n) is 5.81. The largest absolute Gasteiger partial charge is 0.332 e. The topological polar surface area (TPSA) is 61.8 Å². The molecule has 0 saturated heterocycles. The summed E-state index contributed by atoms with van der Waals surface area (Å²) in [5.41, 5.74) is 0.175. The van der Waals surface area contributed by atoms with Crippen molar-refractivity contribution in [3.8, 4) is 0 Å². The lowest BCUT2D eigenvalue weighted by atomic mass is 10.4. The van der Waals surface area contributed by atoms with Crippen LogP contribution in [0.15, 0.2) is 16.2 Å². The van der Waals surface area contributed by atoms with Crippen molar-refractivity contribution < 1.29 is 0 Å². The predicted molar refractivity (Wildman–Crippen MR) is 70.6 cm³/mol. The van der Waals surface area contributed by atoms with Crippen LogP contribution < -0.4 is 11.2 Å². The van der Waals surface area contributed by atoms with Crippen LogP contribution in [0.2, 0.25) is 0 Å². The van der Waals surface area contributed by atoms with Gasteiger partial charge in [-0.3, -0.25) is 13.9 Å². The predicted octanol–water partition coefficient (Wildman–Crippen LogP) is 0.487. The molecule has 2 heterocycles. The van der Waals surface area contributed by atoms with Crippen LogP contribution >= 0.6 is 0 Å². The van der Waals surface area contributed by atoms with Crippen molar-refractivity contribution in [3.05, 3.63) is 33.2 Å². The minimum atomic E-state index is -0.371. The quantitative estimate of drug-likeness (QED) is 0.794. The van der Waals surface area contributed by atoms with Crippen LogP contribution in [0.25, 0.3) is 17.2 Å². The van der Waals surface area contributed by atoms with Crippen molar-refractivity contribution in [1.29, 1.82) is 0 Å². The van der Waals surface area contributed by atoms with Gasteiger partial charge in [0.1, 0.15) is 5.82 Å². The van der Waals surface area contributed by atoms with Crippen LogP contribution in [0.5, 0.6) is 0 Å². The van der Waals surface area contributed by atoms with E-state index >= 15 is 0 Å². The molecule has 2 aromatic rings. The third-order valence-corrected chi connectivity index (χ3v) is 3.01. The second kappa shape index (κ2) is 4.29. The maximum atomic E-state index is 12.2. The van der Waals surface area contributed by atoms with Crippen LogP contribution in [0.3, 0.4) is 0 Å². The van der Waals surface area contributed by atoms with Gasteiger partial charge in [0.2, 0.25) is 0 Å². The Labute approximate surface area is 104 Å². The van der Waals surface area contributed by atoms with Gasteiger partial charge >= 0.3 is 5.69 Å². The number of hydrogen-bond donors (Lipinski definition) is 0. The summed E-state index contributed by atoms with van der Waals surface area (Å²) in [6.07, 6.45) is 2.47. The van der Waals surface area contributed by atoms with E-state index in [1.807, 2.05) is 11.5 Å². The van der Waals surface area contributed by atoms with Gasteiger partial charge in [-0.2, -0.15) is 0 Å². The molecule has 6 heteroatoms. The number of hydrogen-bond acceptors (Lipinski definition) is 3. The second-order valence-corrected chi connectivity index (χ2v) is 4.20. The summed E-state index contributed by atoms with van der Waals surface area (Å²) in [6, 6.07) is 0.